The van der Waals surface area contributed by atoms with Gasteiger partial charge in [-0.2, -0.15) is 0 Å². The van der Waals surface area contributed by atoms with Gasteiger partial charge < -0.3 is 9.80 Å². The van der Waals surface area contributed by atoms with Gasteiger partial charge in [0.25, 0.3) is 0 Å². The number of thiophene rings is 1. The molecule has 11 aromatic rings. The SMILES string of the molecule is c1ccc(-c2ccccc2N(c2ccccc2)c2ccc3c(c2)sc2c4ccc(N(c5ccccc5)c5ccc6ccccc6c5)cc4c4ccccc4c32)cc1. The predicted octanol–water partition coefficient (Wildman–Crippen LogP) is 16.1. The van der Waals surface area contributed by atoms with Crippen molar-refractivity contribution in [2.75, 3.05) is 9.80 Å². The van der Waals surface area contributed by atoms with Gasteiger partial charge in [0.05, 0.1) is 5.69 Å². The first kappa shape index (κ1) is 33.2. The third-order valence-electron chi connectivity index (χ3n) is 11.2. The molecule has 1 aromatic heterocycles. The highest BCUT2D eigenvalue weighted by molar-refractivity contribution is 7.27. The van der Waals surface area contributed by atoms with Gasteiger partial charge in [-0.25, -0.2) is 0 Å². The minimum absolute atomic E-state index is 1.12. The molecule has 0 atom stereocenters. The molecular weight excluding hydrogens is 709 g/mol. The molecule has 0 aliphatic heterocycles. The summed E-state index contributed by atoms with van der Waals surface area (Å²) in [5, 5.41) is 10.1. The van der Waals surface area contributed by atoms with Gasteiger partial charge >= 0.3 is 0 Å². The van der Waals surface area contributed by atoms with Crippen LogP contribution in [0.3, 0.4) is 0 Å². The van der Waals surface area contributed by atoms with Crippen molar-refractivity contribution in [3.63, 3.8) is 0 Å². The molecule has 2 nitrogen and oxygen atoms in total. The van der Waals surface area contributed by atoms with Gasteiger partial charge in [0.1, 0.15) is 0 Å². The molecule has 0 saturated heterocycles. The third-order valence-corrected chi connectivity index (χ3v) is 12.4. The van der Waals surface area contributed by atoms with E-state index in [1.807, 2.05) is 11.3 Å². The zero-order valence-electron chi connectivity index (χ0n) is 31.1. The summed E-state index contributed by atoms with van der Waals surface area (Å²) in [6, 6.07) is 79.2. The number of anilines is 6. The Morgan fingerprint density at radius 2 is 0.877 bits per heavy atom. The summed E-state index contributed by atoms with van der Waals surface area (Å²) in [4.78, 5) is 4.78. The van der Waals surface area contributed by atoms with Gasteiger partial charge in [-0.3, -0.25) is 0 Å². The molecule has 0 fully saturated rings. The van der Waals surface area contributed by atoms with Gasteiger partial charge in [0.2, 0.25) is 0 Å². The number of fused-ring (bicyclic) bond motifs is 9. The molecule has 3 heteroatoms. The number of rotatable bonds is 7. The van der Waals surface area contributed by atoms with Crippen LogP contribution in [-0.4, -0.2) is 0 Å². The van der Waals surface area contributed by atoms with Crippen LogP contribution in [0.15, 0.2) is 218 Å². The highest BCUT2D eigenvalue weighted by Gasteiger charge is 2.21. The second-order valence-corrected chi connectivity index (χ2v) is 15.6. The Kier molecular flexibility index (Phi) is 8.04. The molecule has 0 bridgehead atoms. The van der Waals surface area contributed by atoms with Crippen LogP contribution in [0.4, 0.5) is 34.1 Å². The van der Waals surface area contributed by atoms with Crippen LogP contribution >= 0.6 is 11.3 Å². The molecular formula is C54H36N2S. The van der Waals surface area contributed by atoms with Crippen LogP contribution in [0.2, 0.25) is 0 Å². The van der Waals surface area contributed by atoms with Crippen molar-refractivity contribution in [2.45, 2.75) is 0 Å². The van der Waals surface area contributed by atoms with Crippen LogP contribution in [0.1, 0.15) is 0 Å². The summed E-state index contributed by atoms with van der Waals surface area (Å²) in [6.45, 7) is 0. The normalized spacial score (nSPS) is 11.5. The largest absolute Gasteiger partial charge is 0.310 e. The van der Waals surface area contributed by atoms with E-state index >= 15 is 0 Å². The van der Waals surface area contributed by atoms with E-state index in [2.05, 4.69) is 228 Å². The first-order chi connectivity index (χ1) is 28.3. The second-order valence-electron chi connectivity index (χ2n) is 14.5. The average Bonchev–Trinajstić information content (AvgIpc) is 3.67. The van der Waals surface area contributed by atoms with Gasteiger partial charge in [-0.1, -0.05) is 152 Å². The fourth-order valence-electron chi connectivity index (χ4n) is 8.58. The highest BCUT2D eigenvalue weighted by Crippen LogP contribution is 2.48. The Morgan fingerprint density at radius 1 is 0.316 bits per heavy atom. The fourth-order valence-corrected chi connectivity index (χ4v) is 9.87. The van der Waals surface area contributed by atoms with E-state index < -0.39 is 0 Å². The lowest BCUT2D eigenvalue weighted by atomic mass is 9.96. The fraction of sp³-hybridized carbons (Fsp3) is 0. The Labute approximate surface area is 335 Å². The molecule has 0 radical (unpaired) electrons. The monoisotopic (exact) mass is 744 g/mol. The lowest BCUT2D eigenvalue weighted by Gasteiger charge is -2.28. The number of para-hydroxylation sites is 3. The zero-order valence-corrected chi connectivity index (χ0v) is 31.9. The van der Waals surface area contributed by atoms with Gasteiger partial charge in [-0.05, 0) is 99.2 Å². The van der Waals surface area contributed by atoms with Crippen molar-refractivity contribution >= 4 is 98.0 Å². The summed E-state index contributed by atoms with van der Waals surface area (Å²) < 4.78 is 2.58. The van der Waals surface area contributed by atoms with Gasteiger partial charge in [0.15, 0.2) is 0 Å². The minimum Gasteiger partial charge on any atom is -0.310 e. The minimum atomic E-state index is 1.12. The molecule has 0 spiro atoms. The smallest absolute Gasteiger partial charge is 0.0540 e. The van der Waals surface area contributed by atoms with Crippen molar-refractivity contribution in [2.24, 2.45) is 0 Å². The van der Waals surface area contributed by atoms with E-state index in [1.165, 1.54) is 63.6 Å². The summed E-state index contributed by atoms with van der Waals surface area (Å²) in [7, 11) is 0. The standard InChI is InChI=1S/C54H36N2S/c1-4-17-38(18-5-1)45-24-14-15-27-51(45)56(41-22-8-3-9-23-41)44-31-33-49-52(36-44)57-54-48-32-30-43(35-50(48)46-25-12-13-26-47(46)53(49)54)55(40-20-6-2-7-21-40)42-29-28-37-16-10-11-19-39(37)34-42/h1-36H. The Hall–Kier alpha value is -7.20. The maximum Gasteiger partial charge on any atom is 0.0540 e. The van der Waals surface area contributed by atoms with Crippen LogP contribution in [0.5, 0.6) is 0 Å². The van der Waals surface area contributed by atoms with Crippen LogP contribution < -0.4 is 9.80 Å². The quantitative estimate of drug-likeness (QED) is 0.150. The Bertz CT molecular complexity index is 3240. The molecule has 1 heterocycles. The Balaban J connectivity index is 1.11. The van der Waals surface area contributed by atoms with Crippen molar-refractivity contribution in [3.05, 3.63) is 218 Å². The summed E-state index contributed by atoms with van der Waals surface area (Å²) in [6.07, 6.45) is 0. The van der Waals surface area contributed by atoms with E-state index in [1.54, 1.807) is 0 Å². The van der Waals surface area contributed by atoms with Crippen molar-refractivity contribution in [3.8, 4) is 11.1 Å². The first-order valence-electron chi connectivity index (χ1n) is 19.4. The van der Waals surface area contributed by atoms with Gasteiger partial charge in [0, 0.05) is 59.6 Å². The molecule has 0 saturated carbocycles. The molecule has 11 rings (SSSR count). The van der Waals surface area contributed by atoms with Crippen LogP contribution in [0.25, 0.3) is 63.6 Å². The average molecular weight is 745 g/mol. The third kappa shape index (κ3) is 5.71. The molecule has 0 aliphatic rings. The highest BCUT2D eigenvalue weighted by atomic mass is 32.1. The number of benzene rings is 10. The molecule has 268 valence electrons. The number of hydrogen-bond donors (Lipinski definition) is 0. The van der Waals surface area contributed by atoms with Crippen molar-refractivity contribution in [1.82, 2.24) is 0 Å². The van der Waals surface area contributed by atoms with Crippen LogP contribution in [-0.2, 0) is 0 Å². The van der Waals surface area contributed by atoms with E-state index in [0.717, 1.165) is 34.1 Å². The molecule has 0 amide bonds. The molecule has 0 aliphatic carbocycles. The summed E-state index contributed by atoms with van der Waals surface area (Å²) >= 11 is 1.90. The molecule has 0 unspecified atom stereocenters. The molecule has 10 aromatic carbocycles. The lowest BCUT2D eigenvalue weighted by molar-refractivity contribution is 1.29. The van der Waals surface area contributed by atoms with Crippen molar-refractivity contribution < 1.29 is 0 Å². The first-order valence-corrected chi connectivity index (χ1v) is 20.2. The lowest BCUT2D eigenvalue weighted by Crippen LogP contribution is -2.10. The maximum absolute atomic E-state index is 2.40. The summed E-state index contributed by atoms with van der Waals surface area (Å²) in [5.74, 6) is 0. The van der Waals surface area contributed by atoms with E-state index in [0.29, 0.717) is 0 Å². The predicted molar refractivity (Wildman–Crippen MR) is 247 cm³/mol. The van der Waals surface area contributed by atoms with E-state index in [4.69, 9.17) is 0 Å². The topological polar surface area (TPSA) is 6.48 Å². The van der Waals surface area contributed by atoms with E-state index in [9.17, 15) is 0 Å². The zero-order chi connectivity index (χ0) is 37.7. The summed E-state index contributed by atoms with van der Waals surface area (Å²) in [5.41, 5.74) is 9.19. The Morgan fingerprint density at radius 3 is 1.65 bits per heavy atom. The number of hydrogen-bond acceptors (Lipinski definition) is 3. The maximum atomic E-state index is 2.40. The number of nitrogens with zero attached hydrogens (tertiary/aromatic N) is 2. The molecule has 57 heavy (non-hydrogen) atoms. The second kappa shape index (κ2) is 13.8. The van der Waals surface area contributed by atoms with Crippen LogP contribution in [0, 0.1) is 0 Å². The van der Waals surface area contributed by atoms with E-state index in [-0.39, 0.29) is 0 Å². The van der Waals surface area contributed by atoms with Gasteiger partial charge in [-0.15, -0.1) is 11.3 Å². The molecule has 0 N–H and O–H groups in total. The van der Waals surface area contributed by atoms with Crippen molar-refractivity contribution in [1.29, 1.82) is 0 Å².